The zero-order chi connectivity index (χ0) is 12.3. The first-order chi connectivity index (χ1) is 7.41. The lowest BCUT2D eigenvalue weighted by Gasteiger charge is -2.02. The van der Waals surface area contributed by atoms with Crippen LogP contribution in [0.25, 0.3) is 0 Å². The second-order valence-electron chi connectivity index (χ2n) is 3.12. The number of amides is 2. The number of rotatable bonds is 2. The molecule has 0 unspecified atom stereocenters. The summed E-state index contributed by atoms with van der Waals surface area (Å²) in [6.45, 7) is 2.73. The Hall–Kier alpha value is -2.31. The molecule has 1 rings (SSSR count). The fourth-order valence-corrected chi connectivity index (χ4v) is 1.11. The van der Waals surface area contributed by atoms with Crippen molar-refractivity contribution < 1.29 is 14.5 Å². The third-order valence-electron chi connectivity index (χ3n) is 1.82. The predicted octanol–water partition coefficient (Wildman–Crippen LogP) is 0.575. The molecule has 2 amide bonds. The molecular formula is C9H9N3O4. The minimum absolute atomic E-state index is 0.140. The van der Waals surface area contributed by atoms with Crippen molar-refractivity contribution in [2.24, 2.45) is 0 Å². The lowest BCUT2D eigenvalue weighted by molar-refractivity contribution is -0.389. The molecule has 0 spiro atoms. The van der Waals surface area contributed by atoms with E-state index in [1.165, 1.54) is 19.9 Å². The van der Waals surface area contributed by atoms with Gasteiger partial charge in [0.15, 0.2) is 6.20 Å². The molecule has 0 aromatic carbocycles. The molecule has 0 aliphatic heterocycles. The summed E-state index contributed by atoms with van der Waals surface area (Å²) in [4.78, 5) is 35.3. The molecule has 0 bridgehead atoms. The summed E-state index contributed by atoms with van der Waals surface area (Å²) in [6, 6.07) is 1.18. The van der Waals surface area contributed by atoms with E-state index in [0.29, 0.717) is 5.56 Å². The van der Waals surface area contributed by atoms with Crippen LogP contribution in [0.15, 0.2) is 12.3 Å². The maximum atomic E-state index is 11.4. The Morgan fingerprint density at radius 3 is 2.56 bits per heavy atom. The Bertz CT molecular complexity index is 470. The van der Waals surface area contributed by atoms with Gasteiger partial charge in [-0.05, 0) is 22.4 Å². The van der Waals surface area contributed by atoms with Crippen LogP contribution < -0.4 is 5.32 Å². The molecule has 1 aromatic heterocycles. The number of hydrogen-bond donors (Lipinski definition) is 1. The van der Waals surface area contributed by atoms with Crippen molar-refractivity contribution in [2.75, 3.05) is 0 Å². The molecule has 0 saturated carbocycles. The van der Waals surface area contributed by atoms with Crippen LogP contribution in [-0.2, 0) is 4.79 Å². The smallest absolute Gasteiger partial charge is 0.358 e. The van der Waals surface area contributed by atoms with Gasteiger partial charge in [0.2, 0.25) is 5.91 Å². The zero-order valence-corrected chi connectivity index (χ0v) is 8.68. The molecular weight excluding hydrogens is 214 g/mol. The molecule has 0 aliphatic rings. The van der Waals surface area contributed by atoms with E-state index >= 15 is 0 Å². The SMILES string of the molecule is CC(=O)NC(=O)c1cnc([N+](=O)[O-])cc1C. The monoisotopic (exact) mass is 223 g/mol. The first kappa shape index (κ1) is 11.8. The Labute approximate surface area is 90.6 Å². The van der Waals surface area contributed by atoms with Crippen LogP contribution in [-0.4, -0.2) is 21.7 Å². The highest BCUT2D eigenvalue weighted by Crippen LogP contribution is 2.13. The third-order valence-corrected chi connectivity index (χ3v) is 1.82. The van der Waals surface area contributed by atoms with Gasteiger partial charge in [0.25, 0.3) is 5.91 Å². The molecule has 0 radical (unpaired) electrons. The topological polar surface area (TPSA) is 102 Å². The van der Waals surface area contributed by atoms with Gasteiger partial charge in [-0.15, -0.1) is 0 Å². The lowest BCUT2D eigenvalue weighted by atomic mass is 10.1. The average Bonchev–Trinajstić information content (AvgIpc) is 2.15. The molecule has 7 heteroatoms. The van der Waals surface area contributed by atoms with E-state index in [4.69, 9.17) is 0 Å². The molecule has 0 fully saturated rings. The fraction of sp³-hybridized carbons (Fsp3) is 0.222. The summed E-state index contributed by atoms with van der Waals surface area (Å²) < 4.78 is 0. The van der Waals surface area contributed by atoms with Crippen molar-refractivity contribution in [1.29, 1.82) is 0 Å². The summed E-state index contributed by atoms with van der Waals surface area (Å²) in [5.74, 6) is -1.45. The van der Waals surface area contributed by atoms with Gasteiger partial charge in [-0.1, -0.05) is 0 Å². The maximum absolute atomic E-state index is 11.4. The molecule has 16 heavy (non-hydrogen) atoms. The van der Waals surface area contributed by atoms with Gasteiger partial charge in [0.1, 0.15) is 0 Å². The van der Waals surface area contributed by atoms with Crippen LogP contribution in [0.4, 0.5) is 5.82 Å². The van der Waals surface area contributed by atoms with Crippen LogP contribution in [0.2, 0.25) is 0 Å². The standard InChI is InChI=1S/C9H9N3O4/c1-5-3-8(12(15)16)10-4-7(5)9(14)11-6(2)13/h3-4H,1-2H3,(H,11,13,14). The molecule has 0 aliphatic carbocycles. The van der Waals surface area contributed by atoms with Gasteiger partial charge in [0, 0.05) is 13.0 Å². The average molecular weight is 223 g/mol. The van der Waals surface area contributed by atoms with Gasteiger partial charge in [-0.3, -0.25) is 14.9 Å². The van der Waals surface area contributed by atoms with Gasteiger partial charge >= 0.3 is 5.82 Å². The minimum atomic E-state index is -0.653. The Morgan fingerprint density at radius 2 is 2.12 bits per heavy atom. The number of pyridine rings is 1. The Balaban J connectivity index is 3.03. The molecule has 0 atom stereocenters. The first-order valence-electron chi connectivity index (χ1n) is 4.34. The molecule has 84 valence electrons. The predicted molar refractivity (Wildman–Crippen MR) is 53.8 cm³/mol. The van der Waals surface area contributed by atoms with Crippen molar-refractivity contribution >= 4 is 17.6 Å². The van der Waals surface area contributed by atoms with Gasteiger partial charge in [-0.25, -0.2) is 0 Å². The number of hydrogen-bond acceptors (Lipinski definition) is 5. The van der Waals surface area contributed by atoms with E-state index in [1.54, 1.807) is 0 Å². The number of aryl methyl sites for hydroxylation is 1. The van der Waals surface area contributed by atoms with Crippen LogP contribution in [0.5, 0.6) is 0 Å². The van der Waals surface area contributed by atoms with Crippen LogP contribution >= 0.6 is 0 Å². The highest BCUT2D eigenvalue weighted by atomic mass is 16.6. The number of nitrogens with one attached hydrogen (secondary N) is 1. The number of aromatic nitrogens is 1. The van der Waals surface area contributed by atoms with E-state index in [2.05, 4.69) is 10.3 Å². The normalized spacial score (nSPS) is 9.62. The van der Waals surface area contributed by atoms with Gasteiger partial charge in [0.05, 0.1) is 5.56 Å². The van der Waals surface area contributed by atoms with Gasteiger partial charge in [-0.2, -0.15) is 0 Å². The van der Waals surface area contributed by atoms with E-state index in [9.17, 15) is 19.7 Å². The third kappa shape index (κ3) is 2.59. The number of carbonyl (C=O) groups is 2. The first-order valence-corrected chi connectivity index (χ1v) is 4.34. The second kappa shape index (κ2) is 4.47. The van der Waals surface area contributed by atoms with Crippen molar-refractivity contribution in [1.82, 2.24) is 10.3 Å². The minimum Gasteiger partial charge on any atom is -0.358 e. The quantitative estimate of drug-likeness (QED) is 0.583. The molecule has 1 heterocycles. The van der Waals surface area contributed by atoms with E-state index < -0.39 is 16.7 Å². The van der Waals surface area contributed by atoms with E-state index in [1.807, 2.05) is 0 Å². The summed E-state index contributed by atoms with van der Waals surface area (Å²) in [5.41, 5.74) is 0.529. The van der Waals surface area contributed by atoms with Crippen molar-refractivity contribution in [3.05, 3.63) is 33.5 Å². The fourth-order valence-electron chi connectivity index (χ4n) is 1.11. The number of nitro groups is 1. The second-order valence-corrected chi connectivity index (χ2v) is 3.12. The van der Waals surface area contributed by atoms with Crippen LogP contribution in [0.3, 0.4) is 0 Å². The highest BCUT2D eigenvalue weighted by molar-refractivity contribution is 6.04. The summed E-state index contributed by atoms with van der Waals surface area (Å²) in [5, 5.41) is 12.5. The van der Waals surface area contributed by atoms with Crippen molar-refractivity contribution in [2.45, 2.75) is 13.8 Å². The van der Waals surface area contributed by atoms with E-state index in [0.717, 1.165) is 6.20 Å². The Morgan fingerprint density at radius 1 is 1.50 bits per heavy atom. The van der Waals surface area contributed by atoms with Crippen LogP contribution in [0, 0.1) is 17.0 Å². The number of carbonyl (C=O) groups excluding carboxylic acids is 2. The zero-order valence-electron chi connectivity index (χ0n) is 8.68. The largest absolute Gasteiger partial charge is 0.363 e. The number of imide groups is 1. The molecule has 7 nitrogen and oxygen atoms in total. The molecule has 0 saturated heterocycles. The van der Waals surface area contributed by atoms with Gasteiger partial charge < -0.3 is 10.1 Å². The summed E-state index contributed by atoms with van der Waals surface area (Å²) in [6.07, 6.45) is 1.08. The van der Waals surface area contributed by atoms with Crippen molar-refractivity contribution in [3.63, 3.8) is 0 Å². The number of nitrogens with zero attached hydrogens (tertiary/aromatic N) is 2. The summed E-state index contributed by atoms with van der Waals surface area (Å²) in [7, 11) is 0. The van der Waals surface area contributed by atoms with Crippen LogP contribution in [0.1, 0.15) is 22.8 Å². The Kier molecular flexibility index (Phi) is 3.29. The van der Waals surface area contributed by atoms with Crippen molar-refractivity contribution in [3.8, 4) is 0 Å². The highest BCUT2D eigenvalue weighted by Gasteiger charge is 2.16. The summed E-state index contributed by atoms with van der Waals surface area (Å²) >= 11 is 0. The lowest BCUT2D eigenvalue weighted by Crippen LogP contribution is -2.28. The molecule has 1 N–H and O–H groups in total. The van der Waals surface area contributed by atoms with E-state index in [-0.39, 0.29) is 11.4 Å². The molecule has 1 aromatic rings. The maximum Gasteiger partial charge on any atom is 0.363 e.